The molecule has 74 valence electrons. The monoisotopic (exact) mass is 208 g/mol. The molecule has 5 heteroatoms. The lowest BCUT2D eigenvalue weighted by atomic mass is 10.3. The van der Waals surface area contributed by atoms with Gasteiger partial charge in [0.1, 0.15) is 5.82 Å². The quantitative estimate of drug-likeness (QED) is 0.776. The van der Waals surface area contributed by atoms with Crippen LogP contribution in [0.25, 0.3) is 11.4 Å². The minimum Gasteiger partial charge on any atom is -0.390 e. The third kappa shape index (κ3) is 1.39. The number of hydrogen-bond donors (Lipinski definition) is 1. The van der Waals surface area contributed by atoms with E-state index >= 15 is 0 Å². The highest BCUT2D eigenvalue weighted by molar-refractivity contribution is 7.16. The molecular weight excluding hydrogens is 196 g/mol. The van der Waals surface area contributed by atoms with Gasteiger partial charge in [0.25, 0.3) is 0 Å². The van der Waals surface area contributed by atoms with E-state index in [1.54, 1.807) is 16.0 Å². The largest absolute Gasteiger partial charge is 0.390 e. The number of nitrogen functional groups attached to an aromatic ring is 1. The zero-order valence-electron chi connectivity index (χ0n) is 8.40. The number of thiophene rings is 1. The SMILES string of the molecule is Cc1nc(-c2cc(C)sc2N)n(C)n1. The van der Waals surface area contributed by atoms with Crippen molar-refractivity contribution in [2.24, 2.45) is 7.05 Å². The highest BCUT2D eigenvalue weighted by atomic mass is 32.1. The summed E-state index contributed by atoms with van der Waals surface area (Å²) in [6, 6.07) is 2.05. The molecule has 0 aromatic carbocycles. The first-order chi connectivity index (χ1) is 6.58. The molecule has 0 bridgehead atoms. The molecule has 0 atom stereocenters. The van der Waals surface area contributed by atoms with Crippen LogP contribution in [0.3, 0.4) is 0 Å². The van der Waals surface area contributed by atoms with Crippen molar-refractivity contribution in [2.45, 2.75) is 13.8 Å². The second-order valence-corrected chi connectivity index (χ2v) is 4.53. The van der Waals surface area contributed by atoms with Gasteiger partial charge in [-0.1, -0.05) is 0 Å². The highest BCUT2D eigenvalue weighted by Crippen LogP contribution is 2.31. The fourth-order valence-electron chi connectivity index (χ4n) is 1.45. The number of anilines is 1. The topological polar surface area (TPSA) is 56.7 Å². The van der Waals surface area contributed by atoms with Crippen molar-refractivity contribution >= 4 is 16.3 Å². The molecular formula is C9H12N4S. The third-order valence-corrected chi connectivity index (χ3v) is 2.87. The van der Waals surface area contributed by atoms with Crippen molar-refractivity contribution in [3.8, 4) is 11.4 Å². The molecule has 0 fully saturated rings. The Labute approximate surface area is 86.4 Å². The fraction of sp³-hybridized carbons (Fsp3) is 0.333. The van der Waals surface area contributed by atoms with Gasteiger partial charge in [-0.3, -0.25) is 0 Å². The molecule has 4 nitrogen and oxygen atoms in total. The summed E-state index contributed by atoms with van der Waals surface area (Å²) < 4.78 is 1.76. The molecule has 0 unspecified atom stereocenters. The summed E-state index contributed by atoms with van der Waals surface area (Å²) in [7, 11) is 1.88. The van der Waals surface area contributed by atoms with Crippen LogP contribution in [-0.4, -0.2) is 14.8 Å². The van der Waals surface area contributed by atoms with Gasteiger partial charge in [0.2, 0.25) is 0 Å². The summed E-state index contributed by atoms with van der Waals surface area (Å²) in [6.07, 6.45) is 0. The van der Waals surface area contributed by atoms with E-state index in [9.17, 15) is 0 Å². The Balaban J connectivity index is 2.59. The molecule has 2 heterocycles. The van der Waals surface area contributed by atoms with Crippen LogP contribution in [0.2, 0.25) is 0 Å². The molecule has 2 aromatic rings. The molecule has 14 heavy (non-hydrogen) atoms. The van der Waals surface area contributed by atoms with Crippen molar-refractivity contribution in [3.05, 3.63) is 16.8 Å². The predicted octanol–water partition coefficient (Wildman–Crippen LogP) is 1.74. The van der Waals surface area contributed by atoms with Gasteiger partial charge < -0.3 is 5.73 Å². The molecule has 0 saturated carbocycles. The van der Waals surface area contributed by atoms with E-state index in [4.69, 9.17) is 5.73 Å². The van der Waals surface area contributed by atoms with Crippen molar-refractivity contribution in [3.63, 3.8) is 0 Å². The second-order valence-electron chi connectivity index (χ2n) is 3.24. The first-order valence-electron chi connectivity index (χ1n) is 4.32. The number of nitrogens with two attached hydrogens (primary N) is 1. The summed E-state index contributed by atoms with van der Waals surface area (Å²) in [5, 5.41) is 5.00. The smallest absolute Gasteiger partial charge is 0.161 e. The summed E-state index contributed by atoms with van der Waals surface area (Å²) >= 11 is 1.58. The summed E-state index contributed by atoms with van der Waals surface area (Å²) in [6.45, 7) is 3.91. The van der Waals surface area contributed by atoms with E-state index in [0.29, 0.717) is 0 Å². The first kappa shape index (κ1) is 9.21. The Morgan fingerprint density at radius 2 is 2.14 bits per heavy atom. The maximum Gasteiger partial charge on any atom is 0.161 e. The van der Waals surface area contributed by atoms with E-state index in [0.717, 1.165) is 22.2 Å². The number of rotatable bonds is 1. The zero-order chi connectivity index (χ0) is 10.3. The summed E-state index contributed by atoms with van der Waals surface area (Å²) in [5.41, 5.74) is 6.87. The second kappa shape index (κ2) is 3.09. The summed E-state index contributed by atoms with van der Waals surface area (Å²) in [5.74, 6) is 1.61. The zero-order valence-corrected chi connectivity index (χ0v) is 9.22. The van der Waals surface area contributed by atoms with Crippen LogP contribution in [0.1, 0.15) is 10.7 Å². The van der Waals surface area contributed by atoms with Crippen molar-refractivity contribution in [1.82, 2.24) is 14.8 Å². The van der Waals surface area contributed by atoms with Gasteiger partial charge in [0.15, 0.2) is 5.82 Å². The Hall–Kier alpha value is -1.36. The average molecular weight is 208 g/mol. The molecule has 0 radical (unpaired) electrons. The number of nitrogens with zero attached hydrogens (tertiary/aromatic N) is 3. The van der Waals surface area contributed by atoms with E-state index in [-0.39, 0.29) is 0 Å². The standard InChI is InChI=1S/C9H12N4S/c1-5-4-7(8(10)14-5)9-11-6(2)12-13(9)3/h4H,10H2,1-3H3. The van der Waals surface area contributed by atoms with Gasteiger partial charge in [0, 0.05) is 11.9 Å². The molecule has 0 aliphatic rings. The van der Waals surface area contributed by atoms with Crippen molar-refractivity contribution in [1.29, 1.82) is 0 Å². The van der Waals surface area contributed by atoms with Gasteiger partial charge in [-0.15, -0.1) is 11.3 Å². The van der Waals surface area contributed by atoms with Crippen LogP contribution < -0.4 is 5.73 Å². The minimum atomic E-state index is 0.769. The highest BCUT2D eigenvalue weighted by Gasteiger charge is 2.12. The Morgan fingerprint density at radius 3 is 2.57 bits per heavy atom. The van der Waals surface area contributed by atoms with Gasteiger partial charge in [-0.05, 0) is 19.9 Å². The third-order valence-electron chi connectivity index (χ3n) is 1.99. The molecule has 0 aliphatic carbocycles. The molecule has 2 rings (SSSR count). The van der Waals surface area contributed by atoms with Crippen LogP contribution in [0, 0.1) is 13.8 Å². The average Bonchev–Trinajstić information content (AvgIpc) is 2.55. The Kier molecular flexibility index (Phi) is 2.03. The minimum absolute atomic E-state index is 0.769. The van der Waals surface area contributed by atoms with Gasteiger partial charge in [0.05, 0.1) is 10.6 Å². The molecule has 0 saturated heterocycles. The Morgan fingerprint density at radius 1 is 1.43 bits per heavy atom. The Bertz CT molecular complexity index is 425. The van der Waals surface area contributed by atoms with E-state index in [1.807, 2.05) is 27.0 Å². The van der Waals surface area contributed by atoms with Crippen molar-refractivity contribution in [2.75, 3.05) is 5.73 Å². The van der Waals surface area contributed by atoms with Crippen LogP contribution in [0.4, 0.5) is 5.00 Å². The lowest BCUT2D eigenvalue weighted by Crippen LogP contribution is -1.95. The summed E-state index contributed by atoms with van der Waals surface area (Å²) in [4.78, 5) is 5.53. The molecule has 0 aliphatic heterocycles. The van der Waals surface area contributed by atoms with Gasteiger partial charge in [-0.2, -0.15) is 5.10 Å². The lowest BCUT2D eigenvalue weighted by Gasteiger charge is -1.96. The molecule has 0 amide bonds. The fourth-order valence-corrected chi connectivity index (χ4v) is 2.24. The molecule has 2 N–H and O–H groups in total. The van der Waals surface area contributed by atoms with Gasteiger partial charge in [-0.25, -0.2) is 9.67 Å². The van der Waals surface area contributed by atoms with E-state index < -0.39 is 0 Å². The lowest BCUT2D eigenvalue weighted by molar-refractivity contribution is 0.764. The van der Waals surface area contributed by atoms with Crippen LogP contribution in [0.5, 0.6) is 0 Å². The molecule has 2 aromatic heterocycles. The number of aryl methyl sites for hydroxylation is 3. The predicted molar refractivity (Wildman–Crippen MR) is 58.2 cm³/mol. The van der Waals surface area contributed by atoms with Gasteiger partial charge >= 0.3 is 0 Å². The van der Waals surface area contributed by atoms with E-state index in [2.05, 4.69) is 10.1 Å². The molecule has 0 spiro atoms. The van der Waals surface area contributed by atoms with E-state index in [1.165, 1.54) is 4.88 Å². The first-order valence-corrected chi connectivity index (χ1v) is 5.13. The maximum atomic E-state index is 5.89. The van der Waals surface area contributed by atoms with Crippen LogP contribution in [0.15, 0.2) is 6.07 Å². The normalized spacial score (nSPS) is 10.8. The van der Waals surface area contributed by atoms with Crippen LogP contribution in [-0.2, 0) is 7.05 Å². The number of aromatic nitrogens is 3. The van der Waals surface area contributed by atoms with Crippen molar-refractivity contribution < 1.29 is 0 Å². The maximum absolute atomic E-state index is 5.89. The number of hydrogen-bond acceptors (Lipinski definition) is 4. The van der Waals surface area contributed by atoms with Crippen LogP contribution >= 0.6 is 11.3 Å².